The van der Waals surface area contributed by atoms with Crippen molar-refractivity contribution in [2.75, 3.05) is 26.8 Å². The number of hydrogen-bond donors (Lipinski definition) is 2. The number of methoxy groups -OCH3 is 1. The zero-order valence-corrected chi connectivity index (χ0v) is 11.3. The SMILES string of the molecule is COCC(CCCN)NCCc1cc(F)cc(F)c1. The van der Waals surface area contributed by atoms with Crippen LogP contribution in [0.4, 0.5) is 8.78 Å². The van der Waals surface area contributed by atoms with E-state index in [-0.39, 0.29) is 6.04 Å². The van der Waals surface area contributed by atoms with Gasteiger partial charge in [0, 0.05) is 19.2 Å². The van der Waals surface area contributed by atoms with E-state index in [9.17, 15) is 8.78 Å². The third kappa shape index (κ3) is 6.61. The minimum atomic E-state index is -0.536. The molecule has 5 heteroatoms. The van der Waals surface area contributed by atoms with Crippen LogP contribution in [0.25, 0.3) is 0 Å². The van der Waals surface area contributed by atoms with E-state index in [4.69, 9.17) is 10.5 Å². The van der Waals surface area contributed by atoms with Crippen LogP contribution in [-0.4, -0.2) is 32.8 Å². The molecule has 1 atom stereocenters. The number of halogens is 2. The van der Waals surface area contributed by atoms with Crippen LogP contribution in [0.5, 0.6) is 0 Å². The lowest BCUT2D eigenvalue weighted by molar-refractivity contribution is 0.162. The normalized spacial score (nSPS) is 12.6. The van der Waals surface area contributed by atoms with Gasteiger partial charge < -0.3 is 15.8 Å². The second kappa shape index (κ2) is 8.96. The molecular weight excluding hydrogens is 250 g/mol. The molecule has 0 heterocycles. The molecular formula is C14H22F2N2O. The number of ether oxygens (including phenoxy) is 1. The molecule has 3 nitrogen and oxygen atoms in total. The van der Waals surface area contributed by atoms with Crippen molar-refractivity contribution in [2.45, 2.75) is 25.3 Å². The molecule has 1 aromatic carbocycles. The second-order valence-electron chi connectivity index (χ2n) is 4.56. The van der Waals surface area contributed by atoms with Crippen LogP contribution in [-0.2, 0) is 11.2 Å². The molecule has 0 saturated carbocycles. The van der Waals surface area contributed by atoms with Gasteiger partial charge in [0.25, 0.3) is 0 Å². The van der Waals surface area contributed by atoms with Crippen LogP contribution < -0.4 is 11.1 Å². The largest absolute Gasteiger partial charge is 0.383 e. The van der Waals surface area contributed by atoms with E-state index in [0.717, 1.165) is 18.9 Å². The average molecular weight is 272 g/mol. The van der Waals surface area contributed by atoms with Crippen LogP contribution in [0.3, 0.4) is 0 Å². The Morgan fingerprint density at radius 3 is 2.53 bits per heavy atom. The summed E-state index contributed by atoms with van der Waals surface area (Å²) in [5.74, 6) is -1.07. The molecule has 0 aliphatic carbocycles. The molecule has 0 bridgehead atoms. The highest BCUT2D eigenvalue weighted by Crippen LogP contribution is 2.08. The number of nitrogens with one attached hydrogen (secondary N) is 1. The summed E-state index contributed by atoms with van der Waals surface area (Å²) in [7, 11) is 1.65. The summed E-state index contributed by atoms with van der Waals surface area (Å²) in [4.78, 5) is 0. The minimum absolute atomic E-state index is 0.229. The Labute approximate surface area is 113 Å². The lowest BCUT2D eigenvalue weighted by atomic mass is 10.1. The molecule has 108 valence electrons. The Balaban J connectivity index is 2.37. The number of benzene rings is 1. The molecule has 19 heavy (non-hydrogen) atoms. The quantitative estimate of drug-likeness (QED) is 0.721. The van der Waals surface area contributed by atoms with E-state index in [1.54, 1.807) is 7.11 Å². The highest BCUT2D eigenvalue weighted by molar-refractivity contribution is 5.18. The van der Waals surface area contributed by atoms with Crippen LogP contribution in [0.15, 0.2) is 18.2 Å². The number of rotatable bonds is 9. The summed E-state index contributed by atoms with van der Waals surface area (Å²) in [5.41, 5.74) is 6.13. The smallest absolute Gasteiger partial charge is 0.126 e. The molecule has 0 aliphatic rings. The van der Waals surface area contributed by atoms with Crippen LogP contribution in [0, 0.1) is 11.6 Å². The van der Waals surface area contributed by atoms with Gasteiger partial charge in [-0.15, -0.1) is 0 Å². The second-order valence-corrected chi connectivity index (χ2v) is 4.56. The van der Waals surface area contributed by atoms with Crippen molar-refractivity contribution in [1.29, 1.82) is 0 Å². The summed E-state index contributed by atoms with van der Waals surface area (Å²) in [6.45, 7) is 1.91. The van der Waals surface area contributed by atoms with Crippen molar-refractivity contribution < 1.29 is 13.5 Å². The molecule has 0 spiro atoms. The molecule has 0 saturated heterocycles. The first-order chi connectivity index (χ1) is 9.15. The van der Waals surface area contributed by atoms with Crippen LogP contribution >= 0.6 is 0 Å². The first-order valence-electron chi connectivity index (χ1n) is 6.53. The van der Waals surface area contributed by atoms with Gasteiger partial charge in [0.05, 0.1) is 6.61 Å². The van der Waals surface area contributed by atoms with Crippen molar-refractivity contribution in [2.24, 2.45) is 5.73 Å². The van der Waals surface area contributed by atoms with Crippen molar-refractivity contribution in [3.8, 4) is 0 Å². The summed E-state index contributed by atoms with van der Waals surface area (Å²) < 4.78 is 31.1. The Hall–Kier alpha value is -1.04. The monoisotopic (exact) mass is 272 g/mol. The van der Waals surface area contributed by atoms with Gasteiger partial charge in [0.1, 0.15) is 11.6 Å². The van der Waals surface area contributed by atoms with Crippen LogP contribution in [0.1, 0.15) is 18.4 Å². The first-order valence-corrected chi connectivity index (χ1v) is 6.53. The Morgan fingerprint density at radius 2 is 1.95 bits per heavy atom. The van der Waals surface area contributed by atoms with Crippen molar-refractivity contribution in [1.82, 2.24) is 5.32 Å². The fourth-order valence-electron chi connectivity index (χ4n) is 1.99. The van der Waals surface area contributed by atoms with Crippen LogP contribution in [0.2, 0.25) is 0 Å². The standard InChI is InChI=1S/C14H22F2N2O/c1-19-10-14(3-2-5-17)18-6-4-11-7-12(15)9-13(16)8-11/h7-9,14,18H,2-6,10,17H2,1H3. The molecule has 0 amide bonds. The van der Waals surface area contributed by atoms with Gasteiger partial charge in [-0.3, -0.25) is 0 Å². The molecule has 0 aliphatic heterocycles. The van der Waals surface area contributed by atoms with Crippen molar-refractivity contribution in [3.05, 3.63) is 35.4 Å². The van der Waals surface area contributed by atoms with Gasteiger partial charge in [0.15, 0.2) is 0 Å². The Kier molecular flexibility index (Phi) is 7.55. The van der Waals surface area contributed by atoms with Gasteiger partial charge in [-0.1, -0.05) is 0 Å². The molecule has 0 radical (unpaired) electrons. The third-order valence-electron chi connectivity index (χ3n) is 2.89. The first kappa shape index (κ1) is 16.0. The predicted octanol–water partition coefficient (Wildman–Crippen LogP) is 1.85. The van der Waals surface area contributed by atoms with E-state index in [1.165, 1.54) is 12.1 Å². The van der Waals surface area contributed by atoms with E-state index in [1.807, 2.05) is 0 Å². The fraction of sp³-hybridized carbons (Fsp3) is 0.571. The molecule has 1 rings (SSSR count). The molecule has 3 N–H and O–H groups in total. The van der Waals surface area contributed by atoms with E-state index >= 15 is 0 Å². The maximum atomic E-state index is 13.0. The maximum absolute atomic E-state index is 13.0. The molecule has 1 aromatic rings. The van der Waals surface area contributed by atoms with Gasteiger partial charge >= 0.3 is 0 Å². The molecule has 0 aromatic heterocycles. The van der Waals surface area contributed by atoms with E-state index in [2.05, 4.69) is 5.32 Å². The summed E-state index contributed by atoms with van der Waals surface area (Å²) in [6.07, 6.45) is 2.44. The fourth-order valence-corrected chi connectivity index (χ4v) is 1.99. The summed E-state index contributed by atoms with van der Waals surface area (Å²) >= 11 is 0. The van der Waals surface area contributed by atoms with Gasteiger partial charge in [-0.05, 0) is 50.0 Å². The third-order valence-corrected chi connectivity index (χ3v) is 2.89. The average Bonchev–Trinajstić information content (AvgIpc) is 2.34. The number of hydrogen-bond acceptors (Lipinski definition) is 3. The lowest BCUT2D eigenvalue weighted by Gasteiger charge is -2.17. The lowest BCUT2D eigenvalue weighted by Crippen LogP contribution is -2.35. The topological polar surface area (TPSA) is 47.3 Å². The van der Waals surface area contributed by atoms with Gasteiger partial charge in [0.2, 0.25) is 0 Å². The van der Waals surface area contributed by atoms with Gasteiger partial charge in [-0.2, -0.15) is 0 Å². The maximum Gasteiger partial charge on any atom is 0.126 e. The Bertz CT molecular complexity index is 354. The number of nitrogens with two attached hydrogens (primary N) is 1. The summed E-state index contributed by atoms with van der Waals surface area (Å²) in [6, 6.07) is 3.82. The van der Waals surface area contributed by atoms with Crippen molar-refractivity contribution in [3.63, 3.8) is 0 Å². The zero-order valence-electron chi connectivity index (χ0n) is 11.3. The molecule has 1 unspecified atom stereocenters. The Morgan fingerprint density at radius 1 is 1.26 bits per heavy atom. The highest BCUT2D eigenvalue weighted by atomic mass is 19.1. The zero-order chi connectivity index (χ0) is 14.1. The molecule has 0 fully saturated rings. The van der Waals surface area contributed by atoms with Crippen molar-refractivity contribution >= 4 is 0 Å². The van der Waals surface area contributed by atoms with Gasteiger partial charge in [-0.25, -0.2) is 8.78 Å². The van der Waals surface area contributed by atoms with E-state index in [0.29, 0.717) is 31.7 Å². The summed E-state index contributed by atoms with van der Waals surface area (Å²) in [5, 5.41) is 3.32. The predicted molar refractivity (Wildman–Crippen MR) is 72.0 cm³/mol. The highest BCUT2D eigenvalue weighted by Gasteiger charge is 2.07. The van der Waals surface area contributed by atoms with E-state index < -0.39 is 11.6 Å². The minimum Gasteiger partial charge on any atom is -0.383 e.